The van der Waals surface area contributed by atoms with Crippen molar-refractivity contribution in [2.45, 2.75) is 45.8 Å². The summed E-state index contributed by atoms with van der Waals surface area (Å²) in [7, 11) is 0.538. The number of nitrogens with one attached hydrogen (secondary N) is 1. The van der Waals surface area contributed by atoms with Gasteiger partial charge in [-0.2, -0.15) is 0 Å². The van der Waals surface area contributed by atoms with Gasteiger partial charge in [0.25, 0.3) is 0 Å². The van der Waals surface area contributed by atoms with E-state index in [0.717, 1.165) is 16.1 Å². The van der Waals surface area contributed by atoms with E-state index in [-0.39, 0.29) is 29.9 Å². The Hall–Kier alpha value is -3.47. The van der Waals surface area contributed by atoms with Gasteiger partial charge in [0.15, 0.2) is 0 Å². The number of anilines is 1. The highest BCUT2D eigenvalue weighted by Gasteiger charge is 2.32. The van der Waals surface area contributed by atoms with Crippen molar-refractivity contribution in [2.24, 2.45) is 0 Å². The summed E-state index contributed by atoms with van der Waals surface area (Å²) < 4.78 is 42.4. The summed E-state index contributed by atoms with van der Waals surface area (Å²) in [6, 6.07) is 10.8. The van der Waals surface area contributed by atoms with Crippen LogP contribution < -0.4 is 23.8 Å². The molecular formula is C26H37N3O7S. The van der Waals surface area contributed by atoms with Crippen molar-refractivity contribution in [1.82, 2.24) is 10.2 Å². The fraction of sp³-hybridized carbons (Fsp3) is 0.462. The Morgan fingerprint density at radius 3 is 2.03 bits per heavy atom. The monoisotopic (exact) mass is 535 g/mol. The molecule has 0 aliphatic carbocycles. The van der Waals surface area contributed by atoms with Crippen molar-refractivity contribution in [3.8, 4) is 17.2 Å². The van der Waals surface area contributed by atoms with Gasteiger partial charge < -0.3 is 24.4 Å². The molecule has 0 saturated carbocycles. The van der Waals surface area contributed by atoms with Gasteiger partial charge in [0.2, 0.25) is 21.8 Å². The maximum atomic E-state index is 13.8. The van der Waals surface area contributed by atoms with Crippen molar-refractivity contribution >= 4 is 27.5 Å². The van der Waals surface area contributed by atoms with Crippen molar-refractivity contribution in [1.29, 1.82) is 0 Å². The molecule has 2 rings (SSSR count). The van der Waals surface area contributed by atoms with Gasteiger partial charge in [-0.3, -0.25) is 13.9 Å². The van der Waals surface area contributed by atoms with Crippen molar-refractivity contribution in [3.63, 3.8) is 0 Å². The highest BCUT2D eigenvalue weighted by molar-refractivity contribution is 7.92. The van der Waals surface area contributed by atoms with Crippen LogP contribution in [0.4, 0.5) is 5.69 Å². The van der Waals surface area contributed by atoms with Crippen molar-refractivity contribution in [2.75, 3.05) is 38.4 Å². The Balaban J connectivity index is 2.50. The first-order valence-electron chi connectivity index (χ1n) is 11.9. The Labute approximate surface area is 219 Å². The zero-order valence-corrected chi connectivity index (χ0v) is 23.3. The van der Waals surface area contributed by atoms with E-state index >= 15 is 0 Å². The lowest BCUT2D eigenvalue weighted by Crippen LogP contribution is -2.53. The molecular weight excluding hydrogens is 498 g/mol. The van der Waals surface area contributed by atoms with Crippen LogP contribution in [-0.4, -0.2) is 71.3 Å². The summed E-state index contributed by atoms with van der Waals surface area (Å²) in [4.78, 5) is 28.2. The molecule has 0 spiro atoms. The number of carbonyl (C=O) groups is 2. The standard InChI is InChI=1S/C26H37N3O7S/c1-8-22(26(31)27-18(2)3)28(16-19-9-11-20(34-4)12-10-19)25(30)17-29(37(7,32)33)23-14-13-21(35-5)15-24(23)36-6/h9-15,18,22H,8,16-17H2,1-7H3,(H,27,31). The van der Waals surface area contributed by atoms with Crippen LogP contribution in [0.25, 0.3) is 0 Å². The molecule has 0 fully saturated rings. The summed E-state index contributed by atoms with van der Waals surface area (Å²) in [5.41, 5.74) is 0.945. The number of hydrogen-bond donors (Lipinski definition) is 1. The molecule has 0 aliphatic rings. The normalized spacial score (nSPS) is 12.0. The van der Waals surface area contributed by atoms with Crippen LogP contribution >= 0.6 is 0 Å². The number of benzene rings is 2. The number of nitrogens with zero attached hydrogens (tertiary/aromatic N) is 2. The summed E-state index contributed by atoms with van der Waals surface area (Å²) in [6.07, 6.45) is 1.35. The maximum absolute atomic E-state index is 13.8. The number of ether oxygens (including phenoxy) is 3. The Morgan fingerprint density at radius 2 is 1.54 bits per heavy atom. The molecule has 0 heterocycles. The number of rotatable bonds is 13. The SMILES string of the molecule is CCC(C(=O)NC(C)C)N(Cc1ccc(OC)cc1)C(=O)CN(c1ccc(OC)cc1OC)S(C)(=O)=O. The van der Waals surface area contributed by atoms with E-state index in [1.54, 1.807) is 44.4 Å². The number of methoxy groups -OCH3 is 3. The largest absolute Gasteiger partial charge is 0.497 e. The summed E-state index contributed by atoms with van der Waals surface area (Å²) >= 11 is 0. The minimum absolute atomic E-state index is 0.101. The second kappa shape index (κ2) is 13.2. The first kappa shape index (κ1) is 29.8. The van der Waals surface area contributed by atoms with E-state index in [9.17, 15) is 18.0 Å². The molecule has 0 aromatic heterocycles. The average molecular weight is 536 g/mol. The Kier molecular flexibility index (Phi) is 10.6. The van der Waals surface area contributed by atoms with Crippen LogP contribution in [0.3, 0.4) is 0 Å². The van der Waals surface area contributed by atoms with Crippen LogP contribution in [0.5, 0.6) is 17.2 Å². The molecule has 1 N–H and O–H groups in total. The third-order valence-corrected chi connectivity index (χ3v) is 6.79. The minimum Gasteiger partial charge on any atom is -0.497 e. The zero-order chi connectivity index (χ0) is 27.8. The first-order valence-corrected chi connectivity index (χ1v) is 13.7. The molecule has 37 heavy (non-hydrogen) atoms. The molecule has 1 unspecified atom stereocenters. The first-order chi connectivity index (χ1) is 17.4. The molecule has 1 atom stereocenters. The van der Waals surface area contributed by atoms with Gasteiger partial charge in [-0.15, -0.1) is 0 Å². The summed E-state index contributed by atoms with van der Waals surface area (Å²) in [6.45, 7) is 5.05. The molecule has 0 aliphatic heterocycles. The van der Waals surface area contributed by atoms with Gasteiger partial charge in [-0.25, -0.2) is 8.42 Å². The third kappa shape index (κ3) is 8.01. The molecule has 2 amide bonds. The summed E-state index contributed by atoms with van der Waals surface area (Å²) in [5.74, 6) is 0.500. The van der Waals surface area contributed by atoms with Crippen LogP contribution in [0.2, 0.25) is 0 Å². The van der Waals surface area contributed by atoms with Crippen LogP contribution in [0.1, 0.15) is 32.8 Å². The molecule has 11 heteroatoms. The van der Waals surface area contributed by atoms with E-state index in [0.29, 0.717) is 17.9 Å². The fourth-order valence-corrected chi connectivity index (χ4v) is 4.67. The highest BCUT2D eigenvalue weighted by Crippen LogP contribution is 2.33. The van der Waals surface area contributed by atoms with E-state index < -0.39 is 28.5 Å². The van der Waals surface area contributed by atoms with Crippen LogP contribution in [0, 0.1) is 0 Å². The molecule has 204 valence electrons. The van der Waals surface area contributed by atoms with E-state index in [1.807, 2.05) is 13.8 Å². The topological polar surface area (TPSA) is 114 Å². The van der Waals surface area contributed by atoms with Gasteiger partial charge in [-0.1, -0.05) is 19.1 Å². The average Bonchev–Trinajstić information content (AvgIpc) is 2.85. The predicted molar refractivity (Wildman–Crippen MR) is 143 cm³/mol. The van der Waals surface area contributed by atoms with Crippen molar-refractivity contribution < 1.29 is 32.2 Å². The molecule has 10 nitrogen and oxygen atoms in total. The quantitative estimate of drug-likeness (QED) is 0.419. The van der Waals surface area contributed by atoms with Gasteiger partial charge in [-0.05, 0) is 50.1 Å². The lowest BCUT2D eigenvalue weighted by Gasteiger charge is -2.33. The highest BCUT2D eigenvalue weighted by atomic mass is 32.2. The van der Waals surface area contributed by atoms with E-state index in [1.165, 1.54) is 31.3 Å². The summed E-state index contributed by atoms with van der Waals surface area (Å²) in [5, 5.41) is 2.86. The van der Waals surface area contributed by atoms with Crippen LogP contribution in [0.15, 0.2) is 42.5 Å². The van der Waals surface area contributed by atoms with Gasteiger partial charge >= 0.3 is 0 Å². The number of carbonyl (C=O) groups excluding carboxylic acids is 2. The minimum atomic E-state index is -3.90. The van der Waals surface area contributed by atoms with E-state index in [4.69, 9.17) is 14.2 Å². The Morgan fingerprint density at radius 1 is 0.946 bits per heavy atom. The second-order valence-electron chi connectivity index (χ2n) is 8.76. The number of amides is 2. The van der Waals surface area contributed by atoms with Crippen molar-refractivity contribution in [3.05, 3.63) is 48.0 Å². The molecule has 2 aromatic carbocycles. The third-order valence-electron chi connectivity index (χ3n) is 5.66. The lowest BCUT2D eigenvalue weighted by atomic mass is 10.1. The lowest BCUT2D eigenvalue weighted by molar-refractivity contribution is -0.140. The van der Waals surface area contributed by atoms with Gasteiger partial charge in [0, 0.05) is 18.7 Å². The smallest absolute Gasteiger partial charge is 0.244 e. The molecule has 2 aromatic rings. The van der Waals surface area contributed by atoms with Gasteiger partial charge in [0.05, 0.1) is 33.3 Å². The Bertz CT molecular complexity index is 1170. The number of hydrogen-bond acceptors (Lipinski definition) is 7. The van der Waals surface area contributed by atoms with E-state index in [2.05, 4.69) is 5.32 Å². The fourth-order valence-electron chi connectivity index (χ4n) is 3.81. The second-order valence-corrected chi connectivity index (χ2v) is 10.7. The molecule has 0 saturated heterocycles. The predicted octanol–water partition coefficient (Wildman–Crippen LogP) is 2.81. The number of sulfonamides is 1. The molecule has 0 radical (unpaired) electrons. The zero-order valence-electron chi connectivity index (χ0n) is 22.5. The molecule has 0 bridgehead atoms. The van der Waals surface area contributed by atoms with Crippen LogP contribution in [-0.2, 0) is 26.2 Å². The maximum Gasteiger partial charge on any atom is 0.244 e. The van der Waals surface area contributed by atoms with Gasteiger partial charge in [0.1, 0.15) is 29.8 Å².